The van der Waals surface area contributed by atoms with Crippen LogP contribution < -0.4 is 0 Å². The number of aryl methyl sites for hydroxylation is 1. The van der Waals surface area contributed by atoms with Crippen molar-refractivity contribution >= 4 is 40.3 Å². The quantitative estimate of drug-likeness (QED) is 0.528. The summed E-state index contributed by atoms with van der Waals surface area (Å²) in [6.07, 6.45) is 4.07. The molecule has 2 heterocycles. The van der Waals surface area contributed by atoms with Gasteiger partial charge in [0.1, 0.15) is 5.52 Å². The van der Waals surface area contributed by atoms with Crippen LogP contribution in [0.25, 0.3) is 22.6 Å². The zero-order chi connectivity index (χ0) is 20.0. The van der Waals surface area contributed by atoms with Crippen molar-refractivity contribution in [1.29, 1.82) is 0 Å². The maximum absolute atomic E-state index is 11.6. The molecular weight excluding hydrogens is 382 g/mol. The van der Waals surface area contributed by atoms with Crippen LogP contribution in [0.5, 0.6) is 0 Å². The highest BCUT2D eigenvalue weighted by atomic mass is 32.2. The van der Waals surface area contributed by atoms with E-state index in [9.17, 15) is 9.90 Å². The maximum atomic E-state index is 11.6. The Balaban J connectivity index is 1.59. The predicted molar refractivity (Wildman–Crippen MR) is 114 cm³/mol. The lowest BCUT2D eigenvalue weighted by Crippen LogP contribution is -2.04. The van der Waals surface area contributed by atoms with Gasteiger partial charge in [-0.15, -0.1) is 0 Å². The summed E-state index contributed by atoms with van der Waals surface area (Å²) in [5, 5.41) is 15.3. The smallest absolute Gasteiger partial charge is 0.336 e. The summed E-state index contributed by atoms with van der Waals surface area (Å²) in [7, 11) is 1.93. The minimum absolute atomic E-state index is 0.313. The van der Waals surface area contributed by atoms with Gasteiger partial charge in [0.2, 0.25) is 0 Å². The Labute approximate surface area is 171 Å². The molecule has 1 aliphatic carbocycles. The standard InChI is InChI=1S/C23H17N3O2S/c1-26-22(14-12-18-16(23(27)28)10-11-24-19(18)13-14)17-8-5-9-20(21(17)25-26)29-15-6-3-2-4-7-15/h2-11,13H,12H2,1H3,(H,27,28). The molecule has 5 rings (SSSR count). The summed E-state index contributed by atoms with van der Waals surface area (Å²) in [6, 6.07) is 18.0. The molecule has 0 spiro atoms. The molecule has 29 heavy (non-hydrogen) atoms. The number of fused-ring (bicyclic) bond motifs is 2. The molecule has 5 nitrogen and oxygen atoms in total. The van der Waals surface area contributed by atoms with Crippen LogP contribution in [0.15, 0.2) is 70.6 Å². The summed E-state index contributed by atoms with van der Waals surface area (Å²) in [5.74, 6) is -0.922. The minimum atomic E-state index is -0.922. The number of aromatic nitrogens is 3. The van der Waals surface area contributed by atoms with E-state index in [4.69, 9.17) is 5.10 Å². The van der Waals surface area contributed by atoms with Gasteiger partial charge >= 0.3 is 5.97 Å². The van der Waals surface area contributed by atoms with Gasteiger partial charge in [-0.1, -0.05) is 42.1 Å². The van der Waals surface area contributed by atoms with E-state index in [1.807, 2.05) is 42.1 Å². The lowest BCUT2D eigenvalue weighted by atomic mass is 10.0. The van der Waals surface area contributed by atoms with Gasteiger partial charge in [0.25, 0.3) is 0 Å². The van der Waals surface area contributed by atoms with Crippen LogP contribution in [0.2, 0.25) is 0 Å². The van der Waals surface area contributed by atoms with Gasteiger partial charge < -0.3 is 5.11 Å². The van der Waals surface area contributed by atoms with Crippen molar-refractivity contribution < 1.29 is 9.90 Å². The molecule has 2 aromatic heterocycles. The largest absolute Gasteiger partial charge is 0.478 e. The van der Waals surface area contributed by atoms with Crippen molar-refractivity contribution in [3.8, 4) is 0 Å². The minimum Gasteiger partial charge on any atom is -0.478 e. The fourth-order valence-corrected chi connectivity index (χ4v) is 4.79. The molecule has 0 radical (unpaired) electrons. The number of carboxylic acid groups (broad SMARTS) is 1. The molecule has 1 N–H and O–H groups in total. The molecule has 0 fully saturated rings. The van der Waals surface area contributed by atoms with Gasteiger partial charge in [0, 0.05) is 34.8 Å². The molecule has 6 heteroatoms. The highest BCUT2D eigenvalue weighted by Crippen LogP contribution is 2.39. The molecule has 0 unspecified atom stereocenters. The second-order valence-electron chi connectivity index (χ2n) is 6.91. The second kappa shape index (κ2) is 6.90. The number of carboxylic acids is 1. The molecule has 1 aliphatic rings. The number of hydrogen-bond acceptors (Lipinski definition) is 4. The first kappa shape index (κ1) is 17.7. The Kier molecular flexibility index (Phi) is 4.21. The van der Waals surface area contributed by atoms with Gasteiger partial charge in [-0.25, -0.2) is 4.79 Å². The summed E-state index contributed by atoms with van der Waals surface area (Å²) < 4.78 is 1.89. The lowest BCUT2D eigenvalue weighted by molar-refractivity contribution is 0.0695. The van der Waals surface area contributed by atoms with Crippen molar-refractivity contribution in [3.63, 3.8) is 0 Å². The van der Waals surface area contributed by atoms with E-state index in [2.05, 4.69) is 29.2 Å². The Hall–Kier alpha value is -3.38. The monoisotopic (exact) mass is 399 g/mol. The zero-order valence-electron chi connectivity index (χ0n) is 15.7. The summed E-state index contributed by atoms with van der Waals surface area (Å²) in [5.41, 5.74) is 4.79. The van der Waals surface area contributed by atoms with E-state index in [0.717, 1.165) is 43.2 Å². The van der Waals surface area contributed by atoms with E-state index < -0.39 is 5.97 Å². The number of nitrogens with zero attached hydrogens (tertiary/aromatic N) is 3. The summed E-state index contributed by atoms with van der Waals surface area (Å²) in [4.78, 5) is 18.2. The molecule has 0 amide bonds. The van der Waals surface area contributed by atoms with E-state index >= 15 is 0 Å². The number of allylic oxidation sites excluding steroid dienone is 1. The Morgan fingerprint density at radius 3 is 2.72 bits per heavy atom. The third-order valence-corrected chi connectivity index (χ3v) is 6.16. The maximum Gasteiger partial charge on any atom is 0.336 e. The van der Waals surface area contributed by atoms with Gasteiger partial charge in [0.15, 0.2) is 0 Å². The number of aromatic carboxylic acids is 1. The number of hydrogen-bond donors (Lipinski definition) is 1. The van der Waals surface area contributed by atoms with Crippen LogP contribution >= 0.6 is 11.8 Å². The van der Waals surface area contributed by atoms with Gasteiger partial charge in [-0.3, -0.25) is 9.67 Å². The van der Waals surface area contributed by atoms with Gasteiger partial charge in [0.05, 0.1) is 17.0 Å². The number of benzene rings is 2. The Morgan fingerprint density at radius 1 is 1.10 bits per heavy atom. The Bertz CT molecular complexity index is 1290. The molecule has 0 atom stereocenters. The first-order valence-corrected chi connectivity index (χ1v) is 10.0. The normalized spacial score (nSPS) is 12.8. The zero-order valence-corrected chi connectivity index (χ0v) is 16.5. The highest BCUT2D eigenvalue weighted by Gasteiger charge is 2.25. The highest BCUT2D eigenvalue weighted by molar-refractivity contribution is 7.99. The van der Waals surface area contributed by atoms with E-state index in [0.29, 0.717) is 12.0 Å². The third-order valence-electron chi connectivity index (χ3n) is 5.10. The SMILES string of the molecule is Cn1nc2c(Sc3ccccc3)cccc2c1C1=Cc2nccc(C(=O)O)c2C1. The van der Waals surface area contributed by atoms with E-state index in [-0.39, 0.29) is 0 Å². The molecule has 4 aromatic rings. The first-order chi connectivity index (χ1) is 14.1. The summed E-state index contributed by atoms with van der Waals surface area (Å²) >= 11 is 1.69. The molecule has 0 saturated heterocycles. The molecule has 0 saturated carbocycles. The fourth-order valence-electron chi connectivity index (χ4n) is 3.85. The van der Waals surface area contributed by atoms with Crippen LogP contribution in [-0.4, -0.2) is 25.8 Å². The van der Waals surface area contributed by atoms with Crippen molar-refractivity contribution in [2.24, 2.45) is 7.05 Å². The van der Waals surface area contributed by atoms with Crippen molar-refractivity contribution in [2.75, 3.05) is 0 Å². The third kappa shape index (κ3) is 3.02. The van der Waals surface area contributed by atoms with Crippen LogP contribution in [0.1, 0.15) is 27.3 Å². The van der Waals surface area contributed by atoms with Crippen LogP contribution in [-0.2, 0) is 13.5 Å². The van der Waals surface area contributed by atoms with Crippen molar-refractivity contribution in [1.82, 2.24) is 14.8 Å². The molecule has 0 bridgehead atoms. The van der Waals surface area contributed by atoms with Crippen LogP contribution in [0, 0.1) is 0 Å². The number of pyridine rings is 1. The predicted octanol–water partition coefficient (Wildman–Crippen LogP) is 4.91. The average Bonchev–Trinajstić information content (AvgIpc) is 3.28. The van der Waals surface area contributed by atoms with E-state index in [1.54, 1.807) is 24.0 Å². The fraction of sp³-hybridized carbons (Fsp3) is 0.0870. The summed E-state index contributed by atoms with van der Waals surface area (Å²) in [6.45, 7) is 0. The molecular formula is C23H17N3O2S. The molecule has 142 valence electrons. The van der Waals surface area contributed by atoms with Crippen LogP contribution in [0.4, 0.5) is 0 Å². The van der Waals surface area contributed by atoms with E-state index in [1.165, 1.54) is 0 Å². The molecule has 2 aromatic carbocycles. The lowest BCUT2D eigenvalue weighted by Gasteiger charge is -2.06. The van der Waals surface area contributed by atoms with Crippen molar-refractivity contribution in [3.05, 3.63) is 83.3 Å². The molecule has 0 aliphatic heterocycles. The second-order valence-corrected chi connectivity index (χ2v) is 8.03. The first-order valence-electron chi connectivity index (χ1n) is 9.22. The number of rotatable bonds is 4. The van der Waals surface area contributed by atoms with Gasteiger partial charge in [-0.05, 0) is 41.5 Å². The van der Waals surface area contributed by atoms with Crippen LogP contribution in [0.3, 0.4) is 0 Å². The number of carbonyl (C=O) groups is 1. The van der Waals surface area contributed by atoms with Crippen molar-refractivity contribution in [2.45, 2.75) is 16.2 Å². The van der Waals surface area contributed by atoms with Gasteiger partial charge in [-0.2, -0.15) is 5.10 Å². The topological polar surface area (TPSA) is 68.0 Å². The average molecular weight is 399 g/mol. The Morgan fingerprint density at radius 2 is 1.93 bits per heavy atom.